The molecule has 0 unspecified atom stereocenters. The number of aromatic nitrogens is 2. The SMILES string of the molecule is CSc1ccccc1NC(=O)CSc1nnc(Nc2cccc(C)c2)s1. The summed E-state index contributed by atoms with van der Waals surface area (Å²) >= 11 is 4.42. The molecule has 0 saturated heterocycles. The van der Waals surface area contributed by atoms with Crippen LogP contribution in [0.4, 0.5) is 16.5 Å². The zero-order valence-corrected chi connectivity index (χ0v) is 16.8. The van der Waals surface area contributed by atoms with Gasteiger partial charge in [-0.3, -0.25) is 4.79 Å². The van der Waals surface area contributed by atoms with Gasteiger partial charge in [-0.2, -0.15) is 0 Å². The minimum Gasteiger partial charge on any atom is -0.330 e. The Bertz CT molecular complexity index is 897. The Kier molecular flexibility index (Phi) is 6.54. The average molecular weight is 403 g/mol. The predicted octanol–water partition coefficient (Wildman–Crippen LogP) is 5.04. The van der Waals surface area contributed by atoms with Gasteiger partial charge in [0, 0.05) is 10.6 Å². The van der Waals surface area contributed by atoms with Crippen LogP contribution in [0.1, 0.15) is 5.56 Å². The van der Waals surface area contributed by atoms with Gasteiger partial charge in [-0.15, -0.1) is 22.0 Å². The molecule has 8 heteroatoms. The maximum Gasteiger partial charge on any atom is 0.234 e. The molecule has 3 aromatic rings. The van der Waals surface area contributed by atoms with Crippen molar-refractivity contribution in [3.8, 4) is 0 Å². The van der Waals surface area contributed by atoms with E-state index in [2.05, 4.69) is 20.8 Å². The van der Waals surface area contributed by atoms with Crippen molar-refractivity contribution in [3.63, 3.8) is 0 Å². The van der Waals surface area contributed by atoms with Gasteiger partial charge < -0.3 is 10.6 Å². The van der Waals surface area contributed by atoms with Gasteiger partial charge in [-0.1, -0.05) is 47.4 Å². The molecule has 5 nitrogen and oxygen atoms in total. The van der Waals surface area contributed by atoms with Gasteiger partial charge in [-0.25, -0.2) is 0 Å². The van der Waals surface area contributed by atoms with Gasteiger partial charge in [0.05, 0.1) is 11.4 Å². The number of hydrogen-bond acceptors (Lipinski definition) is 7. The summed E-state index contributed by atoms with van der Waals surface area (Å²) in [6.07, 6.45) is 1.99. The molecule has 1 aromatic heterocycles. The van der Waals surface area contributed by atoms with Crippen molar-refractivity contribution in [1.29, 1.82) is 0 Å². The van der Waals surface area contributed by atoms with Crippen molar-refractivity contribution in [2.45, 2.75) is 16.2 Å². The predicted molar refractivity (Wildman–Crippen MR) is 112 cm³/mol. The summed E-state index contributed by atoms with van der Waals surface area (Å²) in [6, 6.07) is 15.8. The summed E-state index contributed by atoms with van der Waals surface area (Å²) < 4.78 is 0.758. The maximum absolute atomic E-state index is 12.2. The van der Waals surface area contributed by atoms with Gasteiger partial charge in [-0.05, 0) is 43.0 Å². The zero-order valence-electron chi connectivity index (χ0n) is 14.4. The minimum absolute atomic E-state index is 0.0557. The molecule has 0 saturated carbocycles. The third-order valence-corrected chi connectivity index (χ3v) is 6.15. The van der Waals surface area contributed by atoms with Crippen molar-refractivity contribution in [2.24, 2.45) is 0 Å². The molecule has 0 bridgehead atoms. The standard InChI is InChI=1S/C18H18N4OS3/c1-12-6-5-7-13(10-12)19-17-21-22-18(26-17)25-11-16(23)20-14-8-3-4-9-15(14)24-2/h3-10H,11H2,1-2H3,(H,19,21)(H,20,23). The summed E-state index contributed by atoms with van der Waals surface area (Å²) in [5, 5.41) is 15.2. The quantitative estimate of drug-likeness (QED) is 0.540. The Balaban J connectivity index is 1.53. The van der Waals surface area contributed by atoms with E-state index in [4.69, 9.17) is 0 Å². The number of nitrogens with zero attached hydrogens (tertiary/aromatic N) is 2. The Labute approximate surface area is 165 Å². The Hall–Kier alpha value is -2.03. The van der Waals surface area contributed by atoms with E-state index in [0.717, 1.165) is 20.6 Å². The van der Waals surface area contributed by atoms with Crippen LogP contribution in [0.25, 0.3) is 0 Å². The molecule has 26 heavy (non-hydrogen) atoms. The number of aryl methyl sites for hydroxylation is 1. The lowest BCUT2D eigenvalue weighted by Gasteiger charge is -2.08. The molecule has 0 aliphatic heterocycles. The summed E-state index contributed by atoms with van der Waals surface area (Å²) in [5.41, 5.74) is 2.99. The van der Waals surface area contributed by atoms with E-state index in [1.165, 1.54) is 28.7 Å². The highest BCUT2D eigenvalue weighted by molar-refractivity contribution is 8.01. The second-order valence-electron chi connectivity index (χ2n) is 5.40. The van der Waals surface area contributed by atoms with Crippen LogP contribution in [0.2, 0.25) is 0 Å². The number of hydrogen-bond donors (Lipinski definition) is 2. The second-order valence-corrected chi connectivity index (χ2v) is 8.45. The van der Waals surface area contributed by atoms with Crippen molar-refractivity contribution >= 4 is 57.3 Å². The van der Waals surface area contributed by atoms with Crippen molar-refractivity contribution < 1.29 is 4.79 Å². The average Bonchev–Trinajstić information content (AvgIpc) is 3.08. The van der Waals surface area contributed by atoms with Crippen LogP contribution >= 0.6 is 34.9 Å². The van der Waals surface area contributed by atoms with Crippen LogP contribution in [0, 0.1) is 6.92 Å². The summed E-state index contributed by atoms with van der Waals surface area (Å²) in [6.45, 7) is 2.04. The van der Waals surface area contributed by atoms with Crippen molar-refractivity contribution in [2.75, 3.05) is 22.6 Å². The molecule has 2 aromatic carbocycles. The van der Waals surface area contributed by atoms with Crippen LogP contribution in [0.3, 0.4) is 0 Å². The van der Waals surface area contributed by atoms with Gasteiger partial charge in [0.15, 0.2) is 4.34 Å². The highest BCUT2D eigenvalue weighted by Gasteiger charge is 2.10. The summed E-state index contributed by atoms with van der Waals surface area (Å²) in [7, 11) is 0. The van der Waals surface area contributed by atoms with E-state index in [1.807, 2.05) is 61.7 Å². The molecule has 0 radical (unpaired) electrons. The number of amides is 1. The van der Waals surface area contributed by atoms with E-state index in [-0.39, 0.29) is 5.91 Å². The lowest BCUT2D eigenvalue weighted by atomic mass is 10.2. The third-order valence-electron chi connectivity index (χ3n) is 3.38. The molecule has 0 fully saturated rings. The third kappa shape index (κ3) is 5.23. The highest BCUT2D eigenvalue weighted by Crippen LogP contribution is 2.29. The molecule has 0 aliphatic carbocycles. The maximum atomic E-state index is 12.2. The van der Waals surface area contributed by atoms with Gasteiger partial charge in [0.2, 0.25) is 11.0 Å². The second kappa shape index (κ2) is 9.07. The Morgan fingerprint density at radius 1 is 1.15 bits per heavy atom. The fourth-order valence-corrected chi connectivity index (χ4v) is 4.35. The smallest absolute Gasteiger partial charge is 0.234 e. The Morgan fingerprint density at radius 2 is 2.00 bits per heavy atom. The number of nitrogens with one attached hydrogen (secondary N) is 2. The Morgan fingerprint density at radius 3 is 2.81 bits per heavy atom. The first kappa shape index (κ1) is 18.8. The van der Waals surface area contributed by atoms with Crippen LogP contribution in [0.15, 0.2) is 57.8 Å². The molecule has 0 atom stereocenters. The zero-order chi connectivity index (χ0) is 18.4. The van der Waals surface area contributed by atoms with Crippen LogP contribution in [0.5, 0.6) is 0 Å². The molecule has 2 N–H and O–H groups in total. The number of rotatable bonds is 7. The molecule has 0 spiro atoms. The van der Waals surface area contributed by atoms with E-state index in [9.17, 15) is 4.79 Å². The molecule has 1 amide bonds. The van der Waals surface area contributed by atoms with E-state index in [0.29, 0.717) is 10.9 Å². The topological polar surface area (TPSA) is 66.9 Å². The number of carbonyl (C=O) groups excluding carboxylic acids is 1. The number of benzene rings is 2. The largest absolute Gasteiger partial charge is 0.330 e. The van der Waals surface area contributed by atoms with Crippen LogP contribution < -0.4 is 10.6 Å². The first-order valence-electron chi connectivity index (χ1n) is 7.87. The molecule has 134 valence electrons. The fraction of sp³-hybridized carbons (Fsp3) is 0.167. The van der Waals surface area contributed by atoms with Crippen molar-refractivity contribution in [3.05, 3.63) is 54.1 Å². The minimum atomic E-state index is -0.0557. The van der Waals surface area contributed by atoms with E-state index >= 15 is 0 Å². The molecule has 1 heterocycles. The fourth-order valence-electron chi connectivity index (χ4n) is 2.23. The molecule has 0 aliphatic rings. The van der Waals surface area contributed by atoms with Crippen LogP contribution in [-0.2, 0) is 4.79 Å². The lowest BCUT2D eigenvalue weighted by molar-refractivity contribution is -0.113. The molecular formula is C18H18N4OS3. The van der Waals surface area contributed by atoms with E-state index < -0.39 is 0 Å². The number of anilines is 3. The lowest BCUT2D eigenvalue weighted by Crippen LogP contribution is -2.14. The van der Waals surface area contributed by atoms with Crippen molar-refractivity contribution in [1.82, 2.24) is 10.2 Å². The number of para-hydroxylation sites is 1. The molecule has 3 rings (SSSR count). The number of thioether (sulfide) groups is 2. The van der Waals surface area contributed by atoms with E-state index in [1.54, 1.807) is 11.8 Å². The first-order chi connectivity index (χ1) is 12.6. The highest BCUT2D eigenvalue weighted by atomic mass is 32.2. The van der Waals surface area contributed by atoms with Gasteiger partial charge in [0.25, 0.3) is 0 Å². The normalized spacial score (nSPS) is 10.5. The number of carbonyl (C=O) groups is 1. The monoisotopic (exact) mass is 402 g/mol. The molecular weight excluding hydrogens is 384 g/mol. The summed E-state index contributed by atoms with van der Waals surface area (Å²) in [5.74, 6) is 0.238. The van der Waals surface area contributed by atoms with Gasteiger partial charge in [0.1, 0.15) is 0 Å². The van der Waals surface area contributed by atoms with Gasteiger partial charge >= 0.3 is 0 Å². The van der Waals surface area contributed by atoms with Crippen LogP contribution in [-0.4, -0.2) is 28.1 Å². The summed E-state index contributed by atoms with van der Waals surface area (Å²) in [4.78, 5) is 13.2. The first-order valence-corrected chi connectivity index (χ1v) is 10.9.